The summed E-state index contributed by atoms with van der Waals surface area (Å²) in [6, 6.07) is 0. The van der Waals surface area contributed by atoms with Crippen molar-refractivity contribution in [1.82, 2.24) is 0 Å². The molecule has 0 aromatic carbocycles. The van der Waals surface area contributed by atoms with Crippen molar-refractivity contribution < 1.29 is 9.59 Å². The highest BCUT2D eigenvalue weighted by Gasteiger charge is 2.06. The van der Waals surface area contributed by atoms with Crippen molar-refractivity contribution in [2.75, 3.05) is 0 Å². The van der Waals surface area contributed by atoms with Crippen LogP contribution in [0.25, 0.3) is 0 Å². The van der Waals surface area contributed by atoms with Crippen LogP contribution in [0.5, 0.6) is 0 Å². The standard InChI is InChI=1S/C4H2Cl2O2/c5-4(6)3(8)1-2-7/h1,4H. The lowest BCUT2D eigenvalue weighted by Crippen LogP contribution is -2.02. The Morgan fingerprint density at radius 1 is 1.62 bits per heavy atom. The Balaban J connectivity index is 3.84. The molecule has 0 unspecified atom stereocenters. The van der Waals surface area contributed by atoms with E-state index in [0.29, 0.717) is 6.08 Å². The molecule has 0 fully saturated rings. The van der Waals surface area contributed by atoms with E-state index in [9.17, 15) is 9.59 Å². The van der Waals surface area contributed by atoms with Crippen LogP contribution in [0, 0.1) is 0 Å². The second kappa shape index (κ2) is 3.67. The summed E-state index contributed by atoms with van der Waals surface area (Å²) in [5.74, 6) is 0.620. The van der Waals surface area contributed by atoms with E-state index in [1.807, 2.05) is 0 Å². The van der Waals surface area contributed by atoms with Crippen molar-refractivity contribution in [2.45, 2.75) is 4.84 Å². The van der Waals surface area contributed by atoms with Crippen LogP contribution in [0.1, 0.15) is 0 Å². The zero-order valence-corrected chi connectivity index (χ0v) is 5.24. The van der Waals surface area contributed by atoms with Crippen molar-refractivity contribution in [2.24, 2.45) is 0 Å². The van der Waals surface area contributed by atoms with Crippen LogP contribution in [0.2, 0.25) is 0 Å². The number of allylic oxidation sites excluding steroid dienone is 1. The number of hydrogen-bond acceptors (Lipinski definition) is 2. The minimum absolute atomic E-state index is 0.636. The smallest absolute Gasteiger partial charge is 0.199 e. The van der Waals surface area contributed by atoms with Crippen molar-refractivity contribution in [1.29, 1.82) is 0 Å². The Labute approximate surface area is 56.1 Å². The zero-order valence-electron chi connectivity index (χ0n) is 3.73. The number of ketones is 1. The average molecular weight is 153 g/mol. The third kappa shape index (κ3) is 2.80. The molecule has 0 rings (SSSR count). The second-order valence-electron chi connectivity index (χ2n) is 0.965. The molecule has 0 radical (unpaired) electrons. The second-order valence-corrected chi connectivity index (χ2v) is 2.06. The fraction of sp³-hybridized carbons (Fsp3) is 0.250. The highest BCUT2D eigenvalue weighted by atomic mass is 35.5. The maximum absolute atomic E-state index is 10.2. The monoisotopic (exact) mass is 152 g/mol. The molecule has 4 heteroatoms. The molecule has 0 aliphatic heterocycles. The number of rotatable bonds is 2. The minimum atomic E-state index is -1.14. The maximum atomic E-state index is 10.2. The predicted octanol–water partition coefficient (Wildman–Crippen LogP) is 0.747. The first-order chi connectivity index (χ1) is 3.68. The van der Waals surface area contributed by atoms with Crippen LogP contribution >= 0.6 is 23.2 Å². The lowest BCUT2D eigenvalue weighted by molar-refractivity contribution is -0.113. The molecule has 0 N–H and O–H groups in total. The first-order valence-corrected chi connectivity index (χ1v) is 2.58. The minimum Gasteiger partial charge on any atom is -0.291 e. The molecule has 0 aliphatic rings. The fourth-order valence-electron chi connectivity index (χ4n) is 0.121. The van der Waals surface area contributed by atoms with Gasteiger partial charge in [-0.25, -0.2) is 4.79 Å². The summed E-state index contributed by atoms with van der Waals surface area (Å²) in [5, 5.41) is 0. The quantitative estimate of drug-likeness (QED) is 0.333. The summed E-state index contributed by atoms with van der Waals surface area (Å²) in [6.07, 6.45) is 0.657. The van der Waals surface area contributed by atoms with Crippen molar-refractivity contribution in [3.63, 3.8) is 0 Å². The Morgan fingerprint density at radius 3 is 2.25 bits per heavy atom. The molecule has 0 saturated heterocycles. The van der Waals surface area contributed by atoms with Gasteiger partial charge in [0.2, 0.25) is 0 Å². The SMILES string of the molecule is O=C=CC(=O)C(Cl)Cl. The molecule has 0 bridgehead atoms. The topological polar surface area (TPSA) is 34.1 Å². The summed E-state index contributed by atoms with van der Waals surface area (Å²) < 4.78 is 0. The summed E-state index contributed by atoms with van der Waals surface area (Å²) in [4.78, 5) is 18.4. The molecule has 0 heterocycles. The molecule has 0 aromatic heterocycles. The summed E-state index contributed by atoms with van der Waals surface area (Å²) in [5.41, 5.74) is 0. The van der Waals surface area contributed by atoms with Gasteiger partial charge in [-0.05, 0) is 0 Å². The Morgan fingerprint density at radius 2 is 2.12 bits per heavy atom. The Bertz CT molecular complexity index is 135. The molecule has 0 saturated carbocycles. The van der Waals surface area contributed by atoms with E-state index in [1.165, 1.54) is 5.94 Å². The van der Waals surface area contributed by atoms with Gasteiger partial charge in [0.25, 0.3) is 0 Å². The van der Waals surface area contributed by atoms with E-state index in [-0.39, 0.29) is 0 Å². The van der Waals surface area contributed by atoms with Gasteiger partial charge in [-0.2, -0.15) is 0 Å². The molecule has 0 spiro atoms. The van der Waals surface area contributed by atoms with Gasteiger partial charge in [-0.3, -0.25) is 4.79 Å². The third-order valence-electron chi connectivity index (χ3n) is 0.416. The van der Waals surface area contributed by atoms with Crippen molar-refractivity contribution in [3.8, 4) is 0 Å². The fourth-order valence-corrected chi connectivity index (χ4v) is 0.247. The largest absolute Gasteiger partial charge is 0.291 e. The van der Waals surface area contributed by atoms with E-state index >= 15 is 0 Å². The van der Waals surface area contributed by atoms with E-state index in [4.69, 9.17) is 23.2 Å². The molecule has 8 heavy (non-hydrogen) atoms. The first-order valence-electron chi connectivity index (χ1n) is 1.71. The molecule has 0 aliphatic carbocycles. The molecule has 0 aromatic rings. The van der Waals surface area contributed by atoms with Crippen LogP contribution in [-0.4, -0.2) is 16.6 Å². The van der Waals surface area contributed by atoms with Gasteiger partial charge in [-0.15, -0.1) is 0 Å². The zero-order chi connectivity index (χ0) is 6.57. The summed E-state index contributed by atoms with van der Waals surface area (Å²) >= 11 is 10.0. The molecule has 0 atom stereocenters. The lowest BCUT2D eigenvalue weighted by Gasteiger charge is -1.86. The van der Waals surface area contributed by atoms with E-state index in [1.54, 1.807) is 0 Å². The molecule has 44 valence electrons. The Kier molecular flexibility index (Phi) is 3.53. The summed E-state index contributed by atoms with van der Waals surface area (Å²) in [6.45, 7) is 0. The predicted molar refractivity (Wildman–Crippen MR) is 30.8 cm³/mol. The van der Waals surface area contributed by atoms with Gasteiger partial charge >= 0.3 is 0 Å². The van der Waals surface area contributed by atoms with E-state index in [0.717, 1.165) is 0 Å². The van der Waals surface area contributed by atoms with Crippen LogP contribution < -0.4 is 0 Å². The maximum Gasteiger partial charge on any atom is 0.199 e. The normalized spacial score (nSPS) is 8.38. The summed E-state index contributed by atoms with van der Waals surface area (Å²) in [7, 11) is 0. The van der Waals surface area contributed by atoms with Gasteiger partial charge < -0.3 is 0 Å². The number of hydrogen-bond donors (Lipinski definition) is 0. The van der Waals surface area contributed by atoms with Crippen LogP contribution in [0.4, 0.5) is 0 Å². The average Bonchev–Trinajstić information content (AvgIpc) is 1.67. The van der Waals surface area contributed by atoms with Gasteiger partial charge in [0.1, 0.15) is 5.94 Å². The van der Waals surface area contributed by atoms with Crippen LogP contribution in [0.15, 0.2) is 6.08 Å². The van der Waals surface area contributed by atoms with Crippen molar-refractivity contribution in [3.05, 3.63) is 6.08 Å². The van der Waals surface area contributed by atoms with E-state index < -0.39 is 10.6 Å². The number of halogens is 2. The molecular weight excluding hydrogens is 151 g/mol. The Hall–Kier alpha value is -0.300. The third-order valence-corrected chi connectivity index (χ3v) is 0.846. The molecule has 0 amide bonds. The number of carbonyl (C=O) groups is 1. The van der Waals surface area contributed by atoms with Crippen LogP contribution in [-0.2, 0) is 9.59 Å². The van der Waals surface area contributed by atoms with Gasteiger partial charge in [-0.1, -0.05) is 23.2 Å². The number of alkyl halides is 2. The van der Waals surface area contributed by atoms with Gasteiger partial charge in [0.05, 0.1) is 6.08 Å². The lowest BCUT2D eigenvalue weighted by atomic mass is 10.4. The molecular formula is C4H2Cl2O2. The highest BCUT2D eigenvalue weighted by Crippen LogP contribution is 2.01. The van der Waals surface area contributed by atoms with Crippen molar-refractivity contribution >= 4 is 34.9 Å². The van der Waals surface area contributed by atoms with Crippen LogP contribution in [0.3, 0.4) is 0 Å². The van der Waals surface area contributed by atoms with Gasteiger partial charge in [0.15, 0.2) is 10.6 Å². The molecule has 2 nitrogen and oxygen atoms in total. The highest BCUT2D eigenvalue weighted by molar-refractivity contribution is 6.55. The van der Waals surface area contributed by atoms with Gasteiger partial charge in [0, 0.05) is 0 Å². The van der Waals surface area contributed by atoms with E-state index in [2.05, 4.69) is 0 Å². The first kappa shape index (κ1) is 7.70. The number of carbonyl (C=O) groups excluding carboxylic acids is 2.